The number of aromatic nitrogens is 5. The molecule has 0 radical (unpaired) electrons. The Morgan fingerprint density at radius 1 is 0.889 bits per heavy atom. The van der Waals surface area contributed by atoms with Gasteiger partial charge in [-0.2, -0.15) is 0 Å². The Labute approximate surface area is 210 Å². The first-order valence-electron chi connectivity index (χ1n) is 11.3. The summed E-state index contributed by atoms with van der Waals surface area (Å²) < 4.78 is 42.4. The van der Waals surface area contributed by atoms with Crippen LogP contribution in [-0.4, -0.2) is 52.6 Å². The van der Waals surface area contributed by atoms with E-state index in [1.165, 1.54) is 14.2 Å². The third kappa shape index (κ3) is 4.87. The van der Waals surface area contributed by atoms with Crippen molar-refractivity contribution in [3.05, 3.63) is 72.3 Å². The fourth-order valence-corrected chi connectivity index (χ4v) is 4.96. The number of rotatable bonds is 9. The highest BCUT2D eigenvalue weighted by molar-refractivity contribution is 7.93. The molecule has 0 aliphatic heterocycles. The lowest BCUT2D eigenvalue weighted by Crippen LogP contribution is -2.31. The topological polar surface area (TPSA) is 121 Å². The fraction of sp³-hybridized carbons (Fsp3) is 0.280. The van der Waals surface area contributed by atoms with E-state index in [4.69, 9.17) is 9.47 Å². The molecule has 0 spiro atoms. The van der Waals surface area contributed by atoms with Crippen LogP contribution in [-0.2, 0) is 10.0 Å². The highest BCUT2D eigenvalue weighted by Gasteiger charge is 2.32. The number of aryl methyl sites for hydroxylation is 1. The zero-order valence-electron chi connectivity index (χ0n) is 20.7. The minimum Gasteiger partial charge on any atom is -0.494 e. The fourth-order valence-electron chi connectivity index (χ4n) is 3.72. The maximum atomic E-state index is 13.5. The van der Waals surface area contributed by atoms with Crippen molar-refractivity contribution in [3.8, 4) is 28.6 Å². The zero-order chi connectivity index (χ0) is 25.9. The normalized spacial score (nSPS) is 13.1. The van der Waals surface area contributed by atoms with Crippen LogP contribution < -0.4 is 14.2 Å². The molecular weight excluding hydrogens is 480 g/mol. The van der Waals surface area contributed by atoms with E-state index in [1.54, 1.807) is 49.0 Å². The van der Waals surface area contributed by atoms with E-state index < -0.39 is 21.2 Å². The molecule has 2 aromatic heterocycles. The van der Waals surface area contributed by atoms with Gasteiger partial charge in [-0.1, -0.05) is 43.3 Å². The molecule has 0 bridgehead atoms. The number of benzene rings is 2. The summed E-state index contributed by atoms with van der Waals surface area (Å²) in [6.07, 6.45) is 3.34. The molecule has 188 valence electrons. The molecular formula is C25H28N6O4S. The van der Waals surface area contributed by atoms with E-state index in [9.17, 15) is 8.42 Å². The van der Waals surface area contributed by atoms with Gasteiger partial charge in [0, 0.05) is 23.9 Å². The van der Waals surface area contributed by atoms with Gasteiger partial charge in [0.05, 0.1) is 19.5 Å². The third-order valence-corrected chi connectivity index (χ3v) is 7.81. The van der Waals surface area contributed by atoms with Crippen molar-refractivity contribution in [1.29, 1.82) is 0 Å². The number of hydrogen-bond acceptors (Lipinski definition) is 8. The summed E-state index contributed by atoms with van der Waals surface area (Å²) >= 11 is 0. The van der Waals surface area contributed by atoms with Gasteiger partial charge in [0.1, 0.15) is 23.0 Å². The van der Waals surface area contributed by atoms with Gasteiger partial charge in [0.25, 0.3) is 0 Å². The molecule has 4 rings (SSSR count). The van der Waals surface area contributed by atoms with Crippen LogP contribution in [0.3, 0.4) is 0 Å². The molecule has 0 fully saturated rings. The maximum absolute atomic E-state index is 13.5. The maximum Gasteiger partial charge on any atom is 0.243 e. The lowest BCUT2D eigenvalue weighted by Gasteiger charge is -2.21. The lowest BCUT2D eigenvalue weighted by atomic mass is 10.1. The molecule has 2 aromatic carbocycles. The largest absolute Gasteiger partial charge is 0.494 e. The van der Waals surface area contributed by atoms with E-state index in [0.29, 0.717) is 28.8 Å². The minimum atomic E-state index is -3.94. The summed E-state index contributed by atoms with van der Waals surface area (Å²) in [6, 6.07) is 14.6. The van der Waals surface area contributed by atoms with Gasteiger partial charge in [0.2, 0.25) is 16.0 Å². The highest BCUT2D eigenvalue weighted by atomic mass is 32.2. The Morgan fingerprint density at radius 2 is 1.50 bits per heavy atom. The van der Waals surface area contributed by atoms with E-state index in [1.807, 2.05) is 37.3 Å². The number of para-hydroxylation sites is 1. The molecule has 0 amide bonds. The summed E-state index contributed by atoms with van der Waals surface area (Å²) in [4.78, 5) is 8.61. The Bertz CT molecular complexity index is 1420. The molecule has 1 N–H and O–H groups in total. The van der Waals surface area contributed by atoms with Gasteiger partial charge < -0.3 is 9.47 Å². The lowest BCUT2D eigenvalue weighted by molar-refractivity contribution is 0.391. The molecule has 2 atom stereocenters. The number of hydrogen-bond donors (Lipinski definition) is 1. The van der Waals surface area contributed by atoms with Gasteiger partial charge in [-0.15, -0.1) is 10.2 Å². The average molecular weight is 509 g/mol. The van der Waals surface area contributed by atoms with Crippen molar-refractivity contribution in [3.63, 3.8) is 0 Å². The van der Waals surface area contributed by atoms with Gasteiger partial charge in [-0.3, -0.25) is 9.29 Å². The Kier molecular flexibility index (Phi) is 7.20. The summed E-state index contributed by atoms with van der Waals surface area (Å²) in [5.74, 6) is 1.30. The first kappa shape index (κ1) is 25.1. The van der Waals surface area contributed by atoms with Crippen molar-refractivity contribution < 1.29 is 17.9 Å². The molecule has 0 saturated carbocycles. The molecule has 11 heteroatoms. The number of anilines is 1. The molecule has 0 aliphatic carbocycles. The number of ether oxygens (including phenoxy) is 2. The number of sulfonamides is 1. The molecule has 0 saturated heterocycles. The van der Waals surface area contributed by atoms with Crippen molar-refractivity contribution in [2.24, 2.45) is 0 Å². The van der Waals surface area contributed by atoms with Gasteiger partial charge in [-0.25, -0.2) is 18.4 Å². The zero-order valence-corrected chi connectivity index (χ0v) is 21.5. The standard InChI is InChI=1S/C25H28N6O4S/c1-16-14-26-23(27-15-16)17(2)18(3)36(32,33)30-25-29-28-24(19-10-7-6-8-11-19)31(25)22-20(34-4)12-9-13-21(22)35-5/h6-15,17-18H,1-5H3,(H,29,30)/t17-,18-/m0/s1. The Balaban J connectivity index is 1.81. The predicted octanol–water partition coefficient (Wildman–Crippen LogP) is 3.98. The van der Waals surface area contributed by atoms with E-state index in [2.05, 4.69) is 24.9 Å². The summed E-state index contributed by atoms with van der Waals surface area (Å²) in [7, 11) is -0.889. The average Bonchev–Trinajstić information content (AvgIpc) is 3.30. The van der Waals surface area contributed by atoms with Crippen LogP contribution >= 0.6 is 0 Å². The van der Waals surface area contributed by atoms with Crippen LogP contribution in [0.15, 0.2) is 60.9 Å². The molecule has 0 unspecified atom stereocenters. The molecule has 36 heavy (non-hydrogen) atoms. The highest BCUT2D eigenvalue weighted by Crippen LogP contribution is 2.38. The SMILES string of the molecule is COc1cccc(OC)c1-n1c(NS(=O)(=O)[C@@H](C)[C@H](C)c2ncc(C)cn2)nnc1-c1ccccc1. The van der Waals surface area contributed by atoms with E-state index in [0.717, 1.165) is 11.1 Å². The first-order valence-corrected chi connectivity index (χ1v) is 12.8. The molecule has 0 aliphatic rings. The van der Waals surface area contributed by atoms with Crippen LogP contribution in [0.1, 0.15) is 31.2 Å². The second-order valence-electron chi connectivity index (χ2n) is 8.32. The molecule has 4 aromatic rings. The second-order valence-corrected chi connectivity index (χ2v) is 10.4. The number of methoxy groups -OCH3 is 2. The van der Waals surface area contributed by atoms with Crippen molar-refractivity contribution in [2.75, 3.05) is 18.9 Å². The van der Waals surface area contributed by atoms with Crippen molar-refractivity contribution in [1.82, 2.24) is 24.7 Å². The van der Waals surface area contributed by atoms with E-state index >= 15 is 0 Å². The number of nitrogens with one attached hydrogen (secondary N) is 1. The third-order valence-electron chi connectivity index (χ3n) is 5.96. The smallest absolute Gasteiger partial charge is 0.243 e. The first-order chi connectivity index (χ1) is 17.3. The van der Waals surface area contributed by atoms with Crippen molar-refractivity contribution in [2.45, 2.75) is 31.9 Å². The molecule has 10 nitrogen and oxygen atoms in total. The van der Waals surface area contributed by atoms with Crippen LogP contribution in [0, 0.1) is 6.92 Å². The Morgan fingerprint density at radius 3 is 2.08 bits per heavy atom. The Hall–Kier alpha value is -3.99. The molecule has 2 heterocycles. The van der Waals surface area contributed by atoms with Crippen molar-refractivity contribution >= 4 is 16.0 Å². The van der Waals surface area contributed by atoms with Gasteiger partial charge in [0.15, 0.2) is 5.82 Å². The summed E-state index contributed by atoms with van der Waals surface area (Å²) in [5, 5.41) is 7.66. The van der Waals surface area contributed by atoms with Crippen LogP contribution in [0.25, 0.3) is 17.1 Å². The summed E-state index contributed by atoms with van der Waals surface area (Å²) in [5.41, 5.74) is 2.09. The van der Waals surface area contributed by atoms with Gasteiger partial charge >= 0.3 is 0 Å². The predicted molar refractivity (Wildman–Crippen MR) is 137 cm³/mol. The van der Waals surface area contributed by atoms with Crippen LogP contribution in [0.4, 0.5) is 5.95 Å². The monoisotopic (exact) mass is 508 g/mol. The number of nitrogens with zero attached hydrogens (tertiary/aromatic N) is 5. The minimum absolute atomic E-state index is 0.000488. The quantitative estimate of drug-likeness (QED) is 0.360. The second kappa shape index (κ2) is 10.3. The van der Waals surface area contributed by atoms with Gasteiger partial charge in [-0.05, 0) is 31.5 Å². The van der Waals surface area contributed by atoms with Crippen LogP contribution in [0.5, 0.6) is 11.5 Å². The van der Waals surface area contributed by atoms with E-state index in [-0.39, 0.29) is 5.95 Å². The van der Waals surface area contributed by atoms with Crippen LogP contribution in [0.2, 0.25) is 0 Å². The summed E-state index contributed by atoms with van der Waals surface area (Å²) in [6.45, 7) is 5.26.